The molecule has 1 aliphatic rings. The molecule has 34 heavy (non-hydrogen) atoms. The number of anilines is 1. The van der Waals surface area contributed by atoms with Crippen molar-refractivity contribution in [3.8, 4) is 0 Å². The Bertz CT molecular complexity index is 1020. The van der Waals surface area contributed by atoms with E-state index in [1.807, 2.05) is 0 Å². The van der Waals surface area contributed by atoms with E-state index in [1.165, 1.54) is 18.0 Å². The maximum Gasteiger partial charge on any atom is 0.469 e. The number of ether oxygens (including phenoxy) is 2. The number of hydrogen-bond acceptors (Lipinski definition) is 11. The van der Waals surface area contributed by atoms with Gasteiger partial charge in [-0.2, -0.15) is 13.2 Å². The van der Waals surface area contributed by atoms with Crippen molar-refractivity contribution in [3.05, 3.63) is 6.33 Å². The minimum atomic E-state index is -4.85. The number of nitrogens with zero attached hydrogens (tertiary/aromatic N) is 4. The van der Waals surface area contributed by atoms with Crippen LogP contribution in [0.4, 0.5) is 19.0 Å². The largest absolute Gasteiger partial charge is 0.469 e. The molecule has 0 aliphatic carbocycles. The van der Waals surface area contributed by atoms with Crippen LogP contribution in [0.5, 0.6) is 0 Å². The number of thioether (sulfide) groups is 1. The molecule has 3 heterocycles. The third-order valence-corrected chi connectivity index (χ3v) is 5.97. The lowest BCUT2D eigenvalue weighted by molar-refractivity contribution is -0.129. The number of methoxy groups -OCH3 is 1. The van der Waals surface area contributed by atoms with Crippen molar-refractivity contribution in [1.82, 2.24) is 19.5 Å². The van der Waals surface area contributed by atoms with Gasteiger partial charge in [0.2, 0.25) is 0 Å². The van der Waals surface area contributed by atoms with Gasteiger partial charge in [0.1, 0.15) is 18.3 Å². The number of fused-ring (bicyclic) bond motifs is 1. The van der Waals surface area contributed by atoms with Crippen molar-refractivity contribution in [2.75, 3.05) is 37.9 Å². The summed E-state index contributed by atoms with van der Waals surface area (Å²) in [6.07, 6.45) is -9.84. The van der Waals surface area contributed by atoms with Crippen LogP contribution in [-0.2, 0) is 18.6 Å². The molecule has 3 rings (SSSR count). The number of aliphatic hydroxyl groups excluding tert-OH is 2. The van der Waals surface area contributed by atoms with Crippen LogP contribution in [0.1, 0.15) is 12.6 Å². The van der Waals surface area contributed by atoms with E-state index < -0.39 is 51.6 Å². The summed E-state index contributed by atoms with van der Waals surface area (Å²) < 4.78 is 64.7. The number of rotatable bonds is 11. The maximum atomic E-state index is 12.5. The summed E-state index contributed by atoms with van der Waals surface area (Å²) in [5, 5.41) is 23.6. The predicted octanol–water partition coefficient (Wildman–Crippen LogP) is 0.658. The number of imidazole rings is 1. The molecule has 0 amide bonds. The number of phosphoric ester groups is 1. The second kappa shape index (κ2) is 11.0. The third-order valence-electron chi connectivity index (χ3n) is 4.63. The summed E-state index contributed by atoms with van der Waals surface area (Å²) in [6.45, 7) is -0.0885. The maximum absolute atomic E-state index is 12.5. The highest BCUT2D eigenvalue weighted by Gasteiger charge is 2.45. The fourth-order valence-electron chi connectivity index (χ4n) is 3.07. The Balaban J connectivity index is 1.89. The van der Waals surface area contributed by atoms with Crippen molar-refractivity contribution in [2.24, 2.45) is 0 Å². The van der Waals surface area contributed by atoms with Gasteiger partial charge in [-0.15, -0.1) is 0 Å². The zero-order valence-electron chi connectivity index (χ0n) is 17.6. The van der Waals surface area contributed by atoms with E-state index in [2.05, 4.69) is 24.8 Å². The summed E-state index contributed by atoms with van der Waals surface area (Å²) in [6, 6.07) is 0. The van der Waals surface area contributed by atoms with E-state index in [0.29, 0.717) is 13.2 Å². The van der Waals surface area contributed by atoms with E-state index in [0.717, 1.165) is 11.8 Å². The molecule has 2 unspecified atom stereocenters. The summed E-state index contributed by atoms with van der Waals surface area (Å²) in [7, 11) is -3.36. The Hall–Kier alpha value is -1.56. The molecule has 0 bridgehead atoms. The Morgan fingerprint density at radius 2 is 2.03 bits per heavy atom. The molecule has 18 heteroatoms. The SMILES string of the molecule is COCCNc1nc(SCCC(F)(F)F)nc2c1ncn2[C@@H]1O[C@H](COP(=O)(O)O)C(O)C1O. The molecule has 192 valence electrons. The smallest absolute Gasteiger partial charge is 0.387 e. The lowest BCUT2D eigenvalue weighted by atomic mass is 10.1. The van der Waals surface area contributed by atoms with E-state index in [-0.39, 0.29) is 27.9 Å². The van der Waals surface area contributed by atoms with E-state index >= 15 is 0 Å². The van der Waals surface area contributed by atoms with Gasteiger partial charge in [0, 0.05) is 19.4 Å². The molecule has 0 spiro atoms. The van der Waals surface area contributed by atoms with Crippen LogP contribution >= 0.6 is 19.6 Å². The molecular formula is C16H23F3N5O8PS. The lowest BCUT2D eigenvalue weighted by Gasteiger charge is -2.17. The van der Waals surface area contributed by atoms with Crippen LogP contribution in [0.3, 0.4) is 0 Å². The van der Waals surface area contributed by atoms with Crippen molar-refractivity contribution in [1.29, 1.82) is 0 Å². The molecule has 0 radical (unpaired) electrons. The topological polar surface area (TPSA) is 181 Å². The van der Waals surface area contributed by atoms with Crippen molar-refractivity contribution >= 4 is 36.6 Å². The lowest BCUT2D eigenvalue weighted by Crippen LogP contribution is -2.33. The van der Waals surface area contributed by atoms with Gasteiger partial charge in [-0.3, -0.25) is 9.09 Å². The van der Waals surface area contributed by atoms with Gasteiger partial charge in [-0.1, -0.05) is 11.8 Å². The first-order valence-electron chi connectivity index (χ1n) is 9.78. The van der Waals surface area contributed by atoms with Gasteiger partial charge in [0.15, 0.2) is 28.4 Å². The normalized spacial score (nSPS) is 23.6. The highest BCUT2D eigenvalue weighted by Crippen LogP contribution is 2.39. The standard InChI is InChI=1S/C16H23F3N5O8PS/c1-30-4-3-20-12-9-13(23-15(22-12)34-5-2-16(17,18)19)24(7-21-9)14-11(26)10(25)8(32-14)6-31-33(27,28)29/h7-8,10-11,14,25-26H,2-6H2,1H3,(H,20,22,23)(H2,27,28,29)/t8-,10?,11?,14-/m1/s1. The van der Waals surface area contributed by atoms with Gasteiger partial charge in [0.25, 0.3) is 0 Å². The molecule has 1 fully saturated rings. The van der Waals surface area contributed by atoms with Gasteiger partial charge in [-0.05, 0) is 0 Å². The Kier molecular flexibility index (Phi) is 8.75. The summed E-state index contributed by atoms with van der Waals surface area (Å²) in [5.41, 5.74) is 0.314. The summed E-state index contributed by atoms with van der Waals surface area (Å²) >= 11 is 0.769. The second-order valence-electron chi connectivity index (χ2n) is 7.14. The molecule has 1 saturated heterocycles. The van der Waals surface area contributed by atoms with Crippen LogP contribution in [0.15, 0.2) is 11.5 Å². The molecule has 5 N–H and O–H groups in total. The fourth-order valence-corrected chi connectivity index (χ4v) is 4.23. The number of phosphoric acid groups is 1. The molecular weight excluding hydrogens is 510 g/mol. The van der Waals surface area contributed by atoms with E-state index in [1.54, 1.807) is 0 Å². The average Bonchev–Trinajstić information content (AvgIpc) is 3.27. The first-order valence-corrected chi connectivity index (χ1v) is 12.3. The number of halogens is 3. The zero-order chi connectivity index (χ0) is 25.1. The molecule has 0 saturated carbocycles. The number of alkyl halides is 3. The summed E-state index contributed by atoms with van der Waals surface area (Å²) in [4.78, 5) is 30.4. The Labute approximate surface area is 194 Å². The minimum absolute atomic E-state index is 0.00725. The van der Waals surface area contributed by atoms with Crippen molar-refractivity contribution < 1.29 is 51.7 Å². The van der Waals surface area contributed by atoms with Crippen LogP contribution < -0.4 is 5.32 Å². The molecule has 2 aromatic rings. The van der Waals surface area contributed by atoms with Crippen LogP contribution in [0.25, 0.3) is 11.2 Å². The number of aliphatic hydroxyl groups is 2. The van der Waals surface area contributed by atoms with Crippen LogP contribution in [-0.4, -0.2) is 96.6 Å². The molecule has 4 atom stereocenters. The van der Waals surface area contributed by atoms with Crippen molar-refractivity contribution in [2.45, 2.75) is 42.3 Å². The molecule has 1 aliphatic heterocycles. The van der Waals surface area contributed by atoms with E-state index in [4.69, 9.17) is 19.3 Å². The number of nitrogens with one attached hydrogen (secondary N) is 1. The average molecular weight is 533 g/mol. The van der Waals surface area contributed by atoms with Crippen LogP contribution in [0, 0.1) is 0 Å². The molecule has 2 aromatic heterocycles. The molecule has 0 aromatic carbocycles. The fraction of sp³-hybridized carbons (Fsp3) is 0.688. The predicted molar refractivity (Wildman–Crippen MR) is 111 cm³/mol. The monoisotopic (exact) mass is 533 g/mol. The number of aromatic nitrogens is 4. The van der Waals surface area contributed by atoms with Crippen LogP contribution in [0.2, 0.25) is 0 Å². The minimum Gasteiger partial charge on any atom is -0.387 e. The second-order valence-corrected chi connectivity index (χ2v) is 9.45. The Morgan fingerprint density at radius 3 is 2.68 bits per heavy atom. The Morgan fingerprint density at radius 1 is 1.29 bits per heavy atom. The zero-order valence-corrected chi connectivity index (χ0v) is 19.3. The third kappa shape index (κ3) is 6.99. The highest BCUT2D eigenvalue weighted by atomic mass is 32.2. The van der Waals surface area contributed by atoms with Gasteiger partial charge >= 0.3 is 14.0 Å². The number of hydrogen-bond donors (Lipinski definition) is 5. The first kappa shape index (κ1) is 27.0. The quantitative estimate of drug-likeness (QED) is 0.118. The highest BCUT2D eigenvalue weighted by molar-refractivity contribution is 7.99. The van der Waals surface area contributed by atoms with E-state index in [9.17, 15) is 27.9 Å². The molecule has 13 nitrogen and oxygen atoms in total. The van der Waals surface area contributed by atoms with Gasteiger partial charge in [0.05, 0.1) is 26.0 Å². The van der Waals surface area contributed by atoms with Gasteiger partial charge < -0.3 is 34.8 Å². The summed E-state index contributed by atoms with van der Waals surface area (Å²) in [5.74, 6) is -0.117. The van der Waals surface area contributed by atoms with Gasteiger partial charge in [-0.25, -0.2) is 19.5 Å². The van der Waals surface area contributed by atoms with Crippen molar-refractivity contribution in [3.63, 3.8) is 0 Å². The first-order chi connectivity index (χ1) is 15.9.